The van der Waals surface area contributed by atoms with Gasteiger partial charge in [-0.15, -0.1) is 12.4 Å². The van der Waals surface area contributed by atoms with Crippen LogP contribution in [-0.2, 0) is 16.0 Å². The summed E-state index contributed by atoms with van der Waals surface area (Å²) in [5.74, 6) is -0.235. The molecule has 0 unspecified atom stereocenters. The van der Waals surface area contributed by atoms with Crippen LogP contribution in [0.15, 0.2) is 65.5 Å². The lowest BCUT2D eigenvalue weighted by Crippen LogP contribution is -2.48. The van der Waals surface area contributed by atoms with Crippen LogP contribution in [0.2, 0.25) is 0 Å². The molecular formula is C36H44ClN7O4. The summed E-state index contributed by atoms with van der Waals surface area (Å²) in [4.78, 5) is 51.7. The molecule has 1 saturated carbocycles. The molecule has 1 aliphatic carbocycles. The minimum Gasteiger partial charge on any atom is -0.348 e. The third kappa shape index (κ3) is 8.15. The number of anilines is 1. The smallest absolute Gasteiger partial charge is 0.271 e. The van der Waals surface area contributed by atoms with Gasteiger partial charge < -0.3 is 27.0 Å². The number of aromatic amines is 2. The highest BCUT2D eigenvalue weighted by atomic mass is 35.5. The van der Waals surface area contributed by atoms with Gasteiger partial charge in [-0.3, -0.25) is 29.4 Å². The predicted molar refractivity (Wildman–Crippen MR) is 190 cm³/mol. The van der Waals surface area contributed by atoms with Gasteiger partial charge >= 0.3 is 0 Å². The van der Waals surface area contributed by atoms with Crippen molar-refractivity contribution in [1.82, 2.24) is 26.1 Å². The van der Waals surface area contributed by atoms with E-state index in [0.29, 0.717) is 41.0 Å². The maximum Gasteiger partial charge on any atom is 0.271 e. The lowest BCUT2D eigenvalue weighted by molar-refractivity contribution is -0.130. The number of halogens is 1. The van der Waals surface area contributed by atoms with Crippen molar-refractivity contribution in [3.8, 4) is 11.1 Å². The highest BCUT2D eigenvalue weighted by Crippen LogP contribution is 2.29. The second-order valence-electron chi connectivity index (χ2n) is 12.9. The lowest BCUT2D eigenvalue weighted by Gasteiger charge is -2.28. The first-order valence-corrected chi connectivity index (χ1v) is 16.5. The number of H-pyrrole nitrogens is 2. The summed E-state index contributed by atoms with van der Waals surface area (Å²) >= 11 is 0. The predicted octanol–water partition coefficient (Wildman–Crippen LogP) is 3.78. The van der Waals surface area contributed by atoms with Crippen molar-refractivity contribution in [3.63, 3.8) is 0 Å². The molecule has 3 aromatic carbocycles. The number of aryl methyl sites for hydroxylation is 1. The summed E-state index contributed by atoms with van der Waals surface area (Å²) in [5.41, 5.74) is 11.2. The van der Waals surface area contributed by atoms with E-state index in [1.807, 2.05) is 49.4 Å². The van der Waals surface area contributed by atoms with Crippen LogP contribution in [-0.4, -0.2) is 59.6 Å². The molecule has 0 radical (unpaired) electrons. The van der Waals surface area contributed by atoms with Gasteiger partial charge in [-0.05, 0) is 111 Å². The molecule has 6 rings (SSSR count). The zero-order chi connectivity index (χ0) is 32.9. The Morgan fingerprint density at radius 1 is 0.938 bits per heavy atom. The highest BCUT2D eigenvalue weighted by molar-refractivity contribution is 5.99. The molecule has 2 atom stereocenters. The molecule has 0 spiro atoms. The molecule has 3 amide bonds. The van der Waals surface area contributed by atoms with Crippen LogP contribution >= 0.6 is 12.4 Å². The Morgan fingerprint density at radius 3 is 2.40 bits per heavy atom. The summed E-state index contributed by atoms with van der Waals surface area (Å²) in [5, 5.41) is 18.2. The molecule has 2 aliphatic rings. The van der Waals surface area contributed by atoms with Crippen LogP contribution in [0.5, 0.6) is 0 Å². The van der Waals surface area contributed by atoms with E-state index in [1.165, 1.54) is 0 Å². The van der Waals surface area contributed by atoms with E-state index in [9.17, 15) is 19.2 Å². The van der Waals surface area contributed by atoms with E-state index in [-0.39, 0.29) is 47.6 Å². The van der Waals surface area contributed by atoms with Crippen LogP contribution in [0.25, 0.3) is 22.0 Å². The fourth-order valence-corrected chi connectivity index (χ4v) is 6.73. The first-order valence-electron chi connectivity index (χ1n) is 16.5. The molecular weight excluding hydrogens is 630 g/mol. The minimum absolute atomic E-state index is 0. The Labute approximate surface area is 285 Å². The number of rotatable bonds is 10. The Balaban J connectivity index is 0.00000451. The SMILES string of the molecule is Cc1cc(C(=O)N[C@H]2CCNC2)ccc1-c1ccc(C[C@H](NC(=O)[C@H]2CC[C@H](CN)CC2)C(=O)Nc2ccc3c(=O)[nH][nH]c3c2)cc1.Cl. The Hall–Kier alpha value is -4.45. The second-order valence-corrected chi connectivity index (χ2v) is 12.9. The van der Waals surface area contributed by atoms with Crippen LogP contribution in [0.1, 0.15) is 53.6 Å². The molecule has 2 fully saturated rings. The summed E-state index contributed by atoms with van der Waals surface area (Å²) in [6, 6.07) is 18.0. The van der Waals surface area contributed by atoms with E-state index in [0.717, 1.165) is 67.4 Å². The van der Waals surface area contributed by atoms with Crippen LogP contribution < -0.4 is 32.6 Å². The number of nitrogens with two attached hydrogens (primary N) is 1. The van der Waals surface area contributed by atoms with Gasteiger partial charge in [-0.2, -0.15) is 0 Å². The molecule has 1 saturated heterocycles. The first-order chi connectivity index (χ1) is 22.8. The summed E-state index contributed by atoms with van der Waals surface area (Å²) in [6.07, 6.45) is 4.56. The first kappa shape index (κ1) is 34.9. The van der Waals surface area contributed by atoms with Gasteiger partial charge in [0.05, 0.1) is 10.9 Å². The number of fused-ring (bicyclic) bond motifs is 1. The molecule has 1 aliphatic heterocycles. The van der Waals surface area contributed by atoms with Gasteiger partial charge in [0.15, 0.2) is 0 Å². The van der Waals surface area contributed by atoms with E-state index in [1.54, 1.807) is 18.2 Å². The Bertz CT molecular complexity index is 1810. The summed E-state index contributed by atoms with van der Waals surface area (Å²) in [6.45, 7) is 4.33. The molecule has 48 heavy (non-hydrogen) atoms. The van der Waals surface area contributed by atoms with Gasteiger partial charge in [-0.25, -0.2) is 0 Å². The van der Waals surface area contributed by atoms with E-state index >= 15 is 0 Å². The van der Waals surface area contributed by atoms with Gasteiger partial charge in [0.2, 0.25) is 11.8 Å². The number of hydrogen-bond donors (Lipinski definition) is 7. The summed E-state index contributed by atoms with van der Waals surface area (Å²) < 4.78 is 0. The largest absolute Gasteiger partial charge is 0.348 e. The van der Waals surface area contributed by atoms with Crippen LogP contribution in [0.4, 0.5) is 5.69 Å². The van der Waals surface area contributed by atoms with Crippen molar-refractivity contribution in [2.24, 2.45) is 17.6 Å². The zero-order valence-electron chi connectivity index (χ0n) is 27.1. The third-order valence-electron chi connectivity index (χ3n) is 9.62. The zero-order valence-corrected chi connectivity index (χ0v) is 27.9. The van der Waals surface area contributed by atoms with Gasteiger partial charge in [0, 0.05) is 36.2 Å². The normalized spacial score (nSPS) is 19.7. The monoisotopic (exact) mass is 673 g/mol. The molecule has 2 heterocycles. The van der Waals surface area contributed by atoms with Crippen LogP contribution in [0, 0.1) is 18.8 Å². The minimum atomic E-state index is -0.809. The second kappa shape index (κ2) is 15.6. The number of carbonyl (C=O) groups is 3. The van der Waals surface area contributed by atoms with E-state index in [4.69, 9.17) is 5.73 Å². The molecule has 8 N–H and O–H groups in total. The highest BCUT2D eigenvalue weighted by Gasteiger charge is 2.29. The van der Waals surface area contributed by atoms with Crippen molar-refractivity contribution < 1.29 is 14.4 Å². The average molecular weight is 674 g/mol. The standard InChI is InChI=1S/C36H43N7O4.ClH/c1-21-16-26(34(45)40-28-14-15-38-20-28)10-12-29(21)24-6-2-22(3-7-24)17-32(41-33(44)25-8-4-23(19-37)5-9-25)36(47)39-27-11-13-30-31(18-27)42-43-35(30)46;/h2-3,6-7,10-13,16,18,23,25,28,32,38H,4-5,8-9,14-15,17,19-20,37H2,1H3,(H,39,47)(H,40,45)(H,41,44)(H2,42,43,46);1H/t23-,25-,28-,32-;/m0./s1. The molecule has 1 aromatic heterocycles. The quantitative estimate of drug-likeness (QED) is 0.135. The maximum absolute atomic E-state index is 13.6. The number of hydrogen-bond acceptors (Lipinski definition) is 6. The van der Waals surface area contributed by atoms with Crippen molar-refractivity contribution >= 4 is 46.7 Å². The van der Waals surface area contributed by atoms with E-state index in [2.05, 4.69) is 31.5 Å². The molecule has 4 aromatic rings. The third-order valence-corrected chi connectivity index (χ3v) is 9.62. The fraction of sp³-hybridized carbons (Fsp3) is 0.389. The van der Waals surface area contributed by atoms with Gasteiger partial charge in [0.25, 0.3) is 11.5 Å². The van der Waals surface area contributed by atoms with Crippen molar-refractivity contribution in [2.45, 2.75) is 57.5 Å². The molecule has 12 heteroatoms. The number of benzene rings is 3. The van der Waals surface area contributed by atoms with E-state index < -0.39 is 6.04 Å². The maximum atomic E-state index is 13.6. The number of nitrogens with one attached hydrogen (secondary N) is 6. The molecule has 254 valence electrons. The Morgan fingerprint density at radius 2 is 1.71 bits per heavy atom. The fourth-order valence-electron chi connectivity index (χ4n) is 6.73. The number of aromatic nitrogens is 2. The molecule has 0 bridgehead atoms. The topological polar surface area (TPSA) is 174 Å². The summed E-state index contributed by atoms with van der Waals surface area (Å²) in [7, 11) is 0. The number of amides is 3. The number of carbonyl (C=O) groups excluding carboxylic acids is 3. The van der Waals surface area contributed by atoms with Crippen molar-refractivity contribution in [2.75, 3.05) is 25.0 Å². The average Bonchev–Trinajstić information content (AvgIpc) is 3.74. The van der Waals surface area contributed by atoms with Crippen LogP contribution in [0.3, 0.4) is 0 Å². The lowest BCUT2D eigenvalue weighted by atomic mass is 9.81. The van der Waals surface area contributed by atoms with Gasteiger partial charge in [-0.1, -0.05) is 30.3 Å². The van der Waals surface area contributed by atoms with Gasteiger partial charge in [0.1, 0.15) is 6.04 Å². The Kier molecular flexibility index (Phi) is 11.4. The van der Waals surface area contributed by atoms with Crippen molar-refractivity contribution in [1.29, 1.82) is 0 Å². The molecule has 11 nitrogen and oxygen atoms in total. The van der Waals surface area contributed by atoms with Crippen molar-refractivity contribution in [3.05, 3.63) is 87.7 Å².